The van der Waals surface area contributed by atoms with Crippen LogP contribution in [0.3, 0.4) is 0 Å². The lowest BCUT2D eigenvalue weighted by molar-refractivity contribution is 0.337. The lowest BCUT2D eigenvalue weighted by Crippen LogP contribution is -2.39. The highest BCUT2D eigenvalue weighted by atomic mass is 32.3. The van der Waals surface area contributed by atoms with Crippen molar-refractivity contribution in [2.45, 2.75) is 19.3 Å². The average molecular weight is 225 g/mol. The number of piperidine rings is 1. The zero-order valence-electron chi connectivity index (χ0n) is 7.68. The molecule has 1 aliphatic heterocycles. The number of rotatable bonds is 0. The van der Waals surface area contributed by atoms with Crippen LogP contribution in [-0.2, 0) is 10.4 Å². The number of hydrogen-bond donors (Lipinski definition) is 4. The number of likely N-dealkylation sites (tertiary alicyclic amines) is 1. The highest BCUT2D eigenvalue weighted by molar-refractivity contribution is 7.79. The van der Waals surface area contributed by atoms with E-state index in [1.165, 1.54) is 19.3 Å². The summed E-state index contributed by atoms with van der Waals surface area (Å²) in [5.41, 5.74) is 5.28. The van der Waals surface area contributed by atoms with Crippen LogP contribution in [0.2, 0.25) is 0 Å². The van der Waals surface area contributed by atoms with E-state index in [1.54, 1.807) is 0 Å². The zero-order valence-corrected chi connectivity index (χ0v) is 8.50. The fourth-order valence-electron chi connectivity index (χ4n) is 1.13. The fourth-order valence-corrected chi connectivity index (χ4v) is 1.13. The summed E-state index contributed by atoms with van der Waals surface area (Å²) < 4.78 is 31.6. The third-order valence-corrected chi connectivity index (χ3v) is 1.70. The largest absolute Gasteiger partial charge is 0.394 e. The van der Waals surface area contributed by atoms with Gasteiger partial charge in [0.2, 0.25) is 0 Å². The smallest absolute Gasteiger partial charge is 0.370 e. The van der Waals surface area contributed by atoms with Crippen molar-refractivity contribution in [2.75, 3.05) is 13.1 Å². The van der Waals surface area contributed by atoms with Gasteiger partial charge >= 0.3 is 10.4 Å². The number of nitrogens with zero attached hydrogens (tertiary/aromatic N) is 1. The maximum Gasteiger partial charge on any atom is 0.394 e. The molecule has 1 saturated heterocycles. The van der Waals surface area contributed by atoms with Gasteiger partial charge in [0, 0.05) is 13.1 Å². The molecular formula is C6H15N3O4S. The van der Waals surface area contributed by atoms with Crippen LogP contribution >= 0.6 is 0 Å². The summed E-state index contributed by atoms with van der Waals surface area (Å²) in [5, 5.41) is 7.09. The second kappa shape index (κ2) is 5.78. The van der Waals surface area contributed by atoms with Gasteiger partial charge < -0.3 is 10.6 Å². The van der Waals surface area contributed by atoms with Crippen LogP contribution < -0.4 is 5.73 Å². The number of hydrogen-bond acceptors (Lipinski definition) is 3. The Morgan fingerprint density at radius 2 is 1.57 bits per heavy atom. The standard InChI is InChI=1S/C6H13N3.H2O4S/c7-6(8)9-4-2-1-3-5-9;1-5(2,3)4/h1-5H2,(H3,7,8);(H2,1,2,3,4). The Hall–Kier alpha value is -0.860. The van der Waals surface area contributed by atoms with Gasteiger partial charge in [0.15, 0.2) is 5.96 Å². The second-order valence-corrected chi connectivity index (χ2v) is 3.78. The molecule has 1 aliphatic rings. The van der Waals surface area contributed by atoms with Crippen LogP contribution in [0.4, 0.5) is 0 Å². The third kappa shape index (κ3) is 9.23. The van der Waals surface area contributed by atoms with E-state index < -0.39 is 10.4 Å². The first-order valence-electron chi connectivity index (χ1n) is 4.09. The normalized spacial score (nSPS) is 16.9. The van der Waals surface area contributed by atoms with Crippen LogP contribution in [0.25, 0.3) is 0 Å². The maximum atomic E-state index is 8.74. The summed E-state index contributed by atoms with van der Waals surface area (Å²) in [6, 6.07) is 0. The Bertz CT molecular complexity index is 263. The summed E-state index contributed by atoms with van der Waals surface area (Å²) in [6.07, 6.45) is 3.68. The fraction of sp³-hybridized carbons (Fsp3) is 0.833. The Balaban J connectivity index is 0.000000292. The first kappa shape index (κ1) is 13.1. The number of guanidine groups is 1. The van der Waals surface area contributed by atoms with Gasteiger partial charge in [-0.2, -0.15) is 8.42 Å². The summed E-state index contributed by atoms with van der Waals surface area (Å²) >= 11 is 0. The molecule has 1 fully saturated rings. The highest BCUT2D eigenvalue weighted by Gasteiger charge is 2.09. The van der Waals surface area contributed by atoms with Gasteiger partial charge in [0.1, 0.15) is 0 Å². The molecule has 0 aromatic heterocycles. The molecule has 0 aromatic carbocycles. The van der Waals surface area contributed by atoms with E-state index in [-0.39, 0.29) is 5.96 Å². The van der Waals surface area contributed by atoms with Crippen molar-refractivity contribution in [3.05, 3.63) is 0 Å². The molecule has 0 spiro atoms. The highest BCUT2D eigenvalue weighted by Crippen LogP contribution is 2.06. The van der Waals surface area contributed by atoms with E-state index >= 15 is 0 Å². The van der Waals surface area contributed by atoms with Crippen molar-refractivity contribution in [3.63, 3.8) is 0 Å². The summed E-state index contributed by atoms with van der Waals surface area (Å²) in [7, 11) is -4.67. The molecule has 1 heterocycles. The molecular weight excluding hydrogens is 210 g/mol. The molecule has 0 unspecified atom stereocenters. The van der Waals surface area contributed by atoms with Crippen molar-refractivity contribution in [3.8, 4) is 0 Å². The lowest BCUT2D eigenvalue weighted by atomic mass is 10.1. The van der Waals surface area contributed by atoms with E-state index in [0.29, 0.717) is 0 Å². The molecule has 5 N–H and O–H groups in total. The molecule has 14 heavy (non-hydrogen) atoms. The Morgan fingerprint density at radius 3 is 1.79 bits per heavy atom. The van der Waals surface area contributed by atoms with Gasteiger partial charge in [0.05, 0.1) is 0 Å². The molecule has 0 atom stereocenters. The van der Waals surface area contributed by atoms with Gasteiger partial charge in [-0.15, -0.1) is 0 Å². The minimum atomic E-state index is -4.67. The van der Waals surface area contributed by atoms with Gasteiger partial charge in [0.25, 0.3) is 0 Å². The molecule has 84 valence electrons. The first-order chi connectivity index (χ1) is 6.30. The number of nitrogens with one attached hydrogen (secondary N) is 1. The molecule has 0 aromatic rings. The number of nitrogens with two attached hydrogens (primary N) is 1. The van der Waals surface area contributed by atoms with E-state index in [9.17, 15) is 0 Å². The minimum absolute atomic E-state index is 0.231. The molecule has 7 nitrogen and oxygen atoms in total. The Morgan fingerprint density at radius 1 is 1.21 bits per heavy atom. The summed E-state index contributed by atoms with van der Waals surface area (Å²) in [4.78, 5) is 1.92. The Labute approximate surface area is 83.0 Å². The zero-order chi connectivity index (χ0) is 11.2. The van der Waals surface area contributed by atoms with Crippen LogP contribution in [-0.4, -0.2) is 41.5 Å². The van der Waals surface area contributed by atoms with Crippen LogP contribution in [0.15, 0.2) is 0 Å². The van der Waals surface area contributed by atoms with Crippen LogP contribution in [0.1, 0.15) is 19.3 Å². The molecule has 0 aliphatic carbocycles. The van der Waals surface area contributed by atoms with Gasteiger partial charge in [-0.1, -0.05) is 0 Å². The predicted octanol–water partition coefficient (Wildman–Crippen LogP) is -0.287. The molecule has 0 radical (unpaired) electrons. The lowest BCUT2D eigenvalue weighted by Gasteiger charge is -2.26. The topological polar surface area (TPSA) is 128 Å². The van der Waals surface area contributed by atoms with E-state index in [2.05, 4.69) is 0 Å². The van der Waals surface area contributed by atoms with Gasteiger partial charge in [-0.3, -0.25) is 14.5 Å². The van der Waals surface area contributed by atoms with Crippen molar-refractivity contribution in [1.82, 2.24) is 4.90 Å². The van der Waals surface area contributed by atoms with Crippen LogP contribution in [0, 0.1) is 5.41 Å². The van der Waals surface area contributed by atoms with E-state index in [1.807, 2.05) is 4.90 Å². The van der Waals surface area contributed by atoms with Gasteiger partial charge in [-0.25, -0.2) is 0 Å². The van der Waals surface area contributed by atoms with E-state index in [4.69, 9.17) is 28.7 Å². The molecule has 0 bridgehead atoms. The van der Waals surface area contributed by atoms with Crippen molar-refractivity contribution in [2.24, 2.45) is 5.73 Å². The molecule has 0 saturated carbocycles. The summed E-state index contributed by atoms with van der Waals surface area (Å²) in [5.74, 6) is 0.231. The summed E-state index contributed by atoms with van der Waals surface area (Å²) in [6.45, 7) is 1.96. The average Bonchev–Trinajstić information content (AvgIpc) is 2.03. The van der Waals surface area contributed by atoms with Crippen molar-refractivity contribution >= 4 is 16.4 Å². The van der Waals surface area contributed by atoms with Crippen LogP contribution in [0.5, 0.6) is 0 Å². The van der Waals surface area contributed by atoms with E-state index in [0.717, 1.165) is 13.1 Å². The maximum absolute atomic E-state index is 8.74. The second-order valence-electron chi connectivity index (χ2n) is 2.88. The third-order valence-electron chi connectivity index (χ3n) is 1.70. The molecule has 1 rings (SSSR count). The minimum Gasteiger partial charge on any atom is -0.370 e. The molecule has 8 heteroatoms. The Kier molecular flexibility index (Phi) is 5.43. The quantitative estimate of drug-likeness (QED) is 0.255. The molecule has 0 amide bonds. The van der Waals surface area contributed by atoms with Crippen molar-refractivity contribution in [1.29, 1.82) is 5.41 Å². The predicted molar refractivity (Wildman–Crippen MR) is 51.5 cm³/mol. The first-order valence-corrected chi connectivity index (χ1v) is 5.49. The SMILES string of the molecule is N=C(N)N1CCCCC1.O=S(=O)(O)O. The van der Waals surface area contributed by atoms with Crippen molar-refractivity contribution < 1.29 is 17.5 Å². The van der Waals surface area contributed by atoms with Gasteiger partial charge in [-0.05, 0) is 19.3 Å². The monoisotopic (exact) mass is 225 g/mol.